The molecule has 0 radical (unpaired) electrons. The normalized spacial score (nSPS) is 24.6. The number of rotatable bonds is 1. The molecule has 2 atom stereocenters. The summed E-state index contributed by atoms with van der Waals surface area (Å²) in [5, 5.41) is 3.59. The summed E-state index contributed by atoms with van der Waals surface area (Å²) in [5.41, 5.74) is 2.42. The van der Waals surface area contributed by atoms with E-state index < -0.39 is 0 Å². The van der Waals surface area contributed by atoms with E-state index in [2.05, 4.69) is 14.1 Å². The molecule has 0 saturated carbocycles. The second-order valence-electron chi connectivity index (χ2n) is 5.97. The largest absolute Gasteiger partial charge is 0.338 e. The molecule has 0 bridgehead atoms. The van der Waals surface area contributed by atoms with Crippen molar-refractivity contribution in [1.82, 2.24) is 19.0 Å². The van der Waals surface area contributed by atoms with Crippen LogP contribution in [0.4, 0.5) is 0 Å². The second-order valence-corrected chi connectivity index (χ2v) is 6.50. The molecule has 1 amide bonds. The van der Waals surface area contributed by atoms with Crippen LogP contribution in [0, 0.1) is 5.92 Å². The molecular formula is C15H19ClN4OS. The van der Waals surface area contributed by atoms with E-state index in [0.717, 1.165) is 42.7 Å². The minimum absolute atomic E-state index is 0. The highest BCUT2D eigenvalue weighted by molar-refractivity contribution is 7.00. The van der Waals surface area contributed by atoms with E-state index in [1.165, 1.54) is 24.6 Å². The number of benzene rings is 1. The Morgan fingerprint density at radius 1 is 1.27 bits per heavy atom. The number of fused-ring (bicyclic) bond motifs is 2. The number of halogens is 1. The van der Waals surface area contributed by atoms with Gasteiger partial charge in [-0.2, -0.15) is 8.75 Å². The number of piperidine rings is 2. The Labute approximate surface area is 139 Å². The number of hydrogen-bond donors (Lipinski definition) is 1. The zero-order chi connectivity index (χ0) is 14.2. The Morgan fingerprint density at radius 3 is 3.05 bits per heavy atom. The molecule has 4 rings (SSSR count). The van der Waals surface area contributed by atoms with E-state index >= 15 is 0 Å². The van der Waals surface area contributed by atoms with E-state index in [-0.39, 0.29) is 18.3 Å². The number of amides is 1. The summed E-state index contributed by atoms with van der Waals surface area (Å²) in [5.74, 6) is 0.745. The first kappa shape index (κ1) is 15.6. The van der Waals surface area contributed by atoms with Gasteiger partial charge in [-0.25, -0.2) is 0 Å². The maximum Gasteiger partial charge on any atom is 0.253 e. The average Bonchev–Trinajstić information content (AvgIpc) is 3.01. The fraction of sp³-hybridized carbons (Fsp3) is 0.533. The quantitative estimate of drug-likeness (QED) is 0.867. The highest BCUT2D eigenvalue weighted by Crippen LogP contribution is 2.26. The standard InChI is InChI=1S/C15H18N4OS.ClH/c20-15(10-3-4-13-14(8-10)18-21-17-13)19-7-5-12-11(9-19)2-1-6-16-12;/h3-4,8,11-12,16H,1-2,5-7,9H2;1H/t11-,12+;/m1./s1. The van der Waals surface area contributed by atoms with Crippen LogP contribution >= 0.6 is 24.1 Å². The van der Waals surface area contributed by atoms with Crippen LogP contribution in [0.15, 0.2) is 18.2 Å². The van der Waals surface area contributed by atoms with Crippen LogP contribution in [0.2, 0.25) is 0 Å². The van der Waals surface area contributed by atoms with E-state index in [1.807, 2.05) is 23.1 Å². The van der Waals surface area contributed by atoms with Crippen molar-refractivity contribution in [2.24, 2.45) is 5.92 Å². The van der Waals surface area contributed by atoms with Gasteiger partial charge < -0.3 is 10.2 Å². The second kappa shape index (κ2) is 6.48. The summed E-state index contributed by atoms with van der Waals surface area (Å²) in [6.07, 6.45) is 3.52. The molecule has 2 fully saturated rings. The number of nitrogens with one attached hydrogen (secondary N) is 1. The SMILES string of the molecule is Cl.O=C(c1ccc2nsnc2c1)N1CC[C@@H]2NCCC[C@@H]2C1. The third kappa shape index (κ3) is 2.83. The zero-order valence-corrected chi connectivity index (χ0v) is 13.8. The first-order valence-corrected chi connectivity index (χ1v) is 8.29. The maximum absolute atomic E-state index is 12.7. The van der Waals surface area contributed by atoms with Crippen molar-refractivity contribution in [2.45, 2.75) is 25.3 Å². The van der Waals surface area contributed by atoms with Crippen LogP contribution in [-0.4, -0.2) is 45.2 Å². The molecule has 2 aliphatic heterocycles. The van der Waals surface area contributed by atoms with E-state index in [0.29, 0.717) is 12.0 Å². The number of carbonyl (C=O) groups excluding carboxylic acids is 1. The van der Waals surface area contributed by atoms with Crippen molar-refractivity contribution in [3.8, 4) is 0 Å². The zero-order valence-electron chi connectivity index (χ0n) is 12.2. The van der Waals surface area contributed by atoms with Gasteiger partial charge in [0.25, 0.3) is 5.91 Å². The van der Waals surface area contributed by atoms with Crippen LogP contribution < -0.4 is 5.32 Å². The molecule has 2 aromatic rings. The van der Waals surface area contributed by atoms with E-state index in [1.54, 1.807) is 0 Å². The van der Waals surface area contributed by atoms with Crippen molar-refractivity contribution in [1.29, 1.82) is 0 Å². The predicted molar refractivity (Wildman–Crippen MR) is 89.7 cm³/mol. The first-order valence-electron chi connectivity index (χ1n) is 7.56. The molecule has 0 spiro atoms. The lowest BCUT2D eigenvalue weighted by molar-refractivity contribution is 0.0593. The van der Waals surface area contributed by atoms with Crippen molar-refractivity contribution >= 4 is 41.1 Å². The average molecular weight is 339 g/mol. The topological polar surface area (TPSA) is 58.1 Å². The Morgan fingerprint density at radius 2 is 2.14 bits per heavy atom. The Hall–Kier alpha value is -1.24. The fourth-order valence-corrected chi connectivity index (χ4v) is 4.04. The molecule has 1 aromatic carbocycles. The lowest BCUT2D eigenvalue weighted by Gasteiger charge is -2.41. The molecule has 0 unspecified atom stereocenters. The molecule has 22 heavy (non-hydrogen) atoms. The van der Waals surface area contributed by atoms with E-state index in [4.69, 9.17) is 0 Å². The van der Waals surface area contributed by atoms with Crippen LogP contribution in [0.1, 0.15) is 29.6 Å². The molecular weight excluding hydrogens is 320 g/mol. The molecule has 5 nitrogen and oxygen atoms in total. The van der Waals surface area contributed by atoms with Gasteiger partial charge in [-0.15, -0.1) is 12.4 Å². The molecule has 1 aromatic heterocycles. The molecule has 1 N–H and O–H groups in total. The van der Waals surface area contributed by atoms with Gasteiger partial charge in [0, 0.05) is 24.7 Å². The van der Waals surface area contributed by atoms with Crippen molar-refractivity contribution in [3.63, 3.8) is 0 Å². The Kier molecular flexibility index (Phi) is 4.61. The molecule has 118 valence electrons. The number of aromatic nitrogens is 2. The van der Waals surface area contributed by atoms with Crippen LogP contribution in [-0.2, 0) is 0 Å². The fourth-order valence-electron chi connectivity index (χ4n) is 3.53. The summed E-state index contributed by atoms with van der Waals surface area (Å²) >= 11 is 1.19. The maximum atomic E-state index is 12.7. The van der Waals surface area contributed by atoms with Gasteiger partial charge in [-0.1, -0.05) is 0 Å². The van der Waals surface area contributed by atoms with Crippen LogP contribution in [0.5, 0.6) is 0 Å². The Bertz CT molecular complexity index is 676. The van der Waals surface area contributed by atoms with Gasteiger partial charge in [-0.3, -0.25) is 4.79 Å². The van der Waals surface area contributed by atoms with Gasteiger partial charge in [0.15, 0.2) is 0 Å². The van der Waals surface area contributed by atoms with E-state index in [9.17, 15) is 4.79 Å². The van der Waals surface area contributed by atoms with Crippen molar-refractivity contribution in [3.05, 3.63) is 23.8 Å². The summed E-state index contributed by atoms with van der Waals surface area (Å²) in [6, 6.07) is 6.23. The minimum Gasteiger partial charge on any atom is -0.338 e. The van der Waals surface area contributed by atoms with Crippen LogP contribution in [0.25, 0.3) is 11.0 Å². The van der Waals surface area contributed by atoms with Crippen molar-refractivity contribution < 1.29 is 4.79 Å². The van der Waals surface area contributed by atoms with Crippen LogP contribution in [0.3, 0.4) is 0 Å². The molecule has 2 aliphatic rings. The third-order valence-electron chi connectivity index (χ3n) is 4.68. The third-order valence-corrected chi connectivity index (χ3v) is 5.24. The predicted octanol–water partition coefficient (Wildman–Crippen LogP) is 2.33. The lowest BCUT2D eigenvalue weighted by atomic mass is 9.85. The highest BCUT2D eigenvalue weighted by Gasteiger charge is 2.33. The van der Waals surface area contributed by atoms with Crippen molar-refractivity contribution in [2.75, 3.05) is 19.6 Å². The number of carbonyl (C=O) groups is 1. The smallest absolute Gasteiger partial charge is 0.253 e. The molecule has 2 saturated heterocycles. The van der Waals surface area contributed by atoms with Gasteiger partial charge in [-0.05, 0) is 49.9 Å². The number of hydrogen-bond acceptors (Lipinski definition) is 5. The summed E-state index contributed by atoms with van der Waals surface area (Å²) in [6.45, 7) is 2.85. The summed E-state index contributed by atoms with van der Waals surface area (Å²) < 4.78 is 8.41. The minimum atomic E-state index is 0. The molecule has 7 heteroatoms. The van der Waals surface area contributed by atoms with Gasteiger partial charge in [0.2, 0.25) is 0 Å². The van der Waals surface area contributed by atoms with Gasteiger partial charge in [0.1, 0.15) is 11.0 Å². The molecule has 3 heterocycles. The van der Waals surface area contributed by atoms with Gasteiger partial charge in [0.05, 0.1) is 11.7 Å². The number of likely N-dealkylation sites (tertiary alicyclic amines) is 1. The summed E-state index contributed by atoms with van der Waals surface area (Å²) in [4.78, 5) is 14.7. The first-order chi connectivity index (χ1) is 10.3. The Balaban J connectivity index is 0.00000144. The number of nitrogens with zero attached hydrogens (tertiary/aromatic N) is 3. The van der Waals surface area contributed by atoms with Gasteiger partial charge >= 0.3 is 0 Å². The highest BCUT2D eigenvalue weighted by atomic mass is 35.5. The summed E-state index contributed by atoms with van der Waals surface area (Å²) in [7, 11) is 0. The monoisotopic (exact) mass is 338 g/mol. The lowest BCUT2D eigenvalue weighted by Crippen LogP contribution is -2.53. The molecule has 0 aliphatic carbocycles.